The molecule has 0 spiro atoms. The van der Waals surface area contributed by atoms with Crippen LogP contribution in [0.4, 0.5) is 0 Å². The Morgan fingerprint density at radius 1 is 1.15 bits per heavy atom. The number of benzene rings is 1. The number of rotatable bonds is 4. The van der Waals surface area contributed by atoms with E-state index in [-0.39, 0.29) is 35.2 Å². The van der Waals surface area contributed by atoms with E-state index >= 15 is 0 Å². The van der Waals surface area contributed by atoms with Crippen LogP contribution in [0.1, 0.15) is 19.8 Å². The van der Waals surface area contributed by atoms with Crippen LogP contribution in [-0.4, -0.2) is 69.4 Å². The summed E-state index contributed by atoms with van der Waals surface area (Å²) in [6, 6.07) is 6.61. The number of nitrogens with one attached hydrogen (secondary N) is 1. The van der Waals surface area contributed by atoms with E-state index in [1.54, 1.807) is 31.4 Å². The SMILES string of the molecule is COc1ccc(S(=O)(=O)N2CCC(C(=O)N3CCNC[C@@H]3C)CC2)cc1.Cl. The highest BCUT2D eigenvalue weighted by atomic mass is 35.5. The fraction of sp³-hybridized carbons (Fsp3) is 0.611. The summed E-state index contributed by atoms with van der Waals surface area (Å²) in [5.41, 5.74) is 0. The largest absolute Gasteiger partial charge is 0.497 e. The lowest BCUT2D eigenvalue weighted by atomic mass is 9.95. The number of sulfonamides is 1. The second kappa shape index (κ2) is 9.23. The molecule has 0 bridgehead atoms. The topological polar surface area (TPSA) is 79.0 Å². The number of nitrogens with zero attached hydrogens (tertiary/aromatic N) is 2. The molecular formula is C18H28ClN3O4S. The van der Waals surface area contributed by atoms with E-state index in [0.29, 0.717) is 31.7 Å². The Bertz CT molecular complexity index is 733. The minimum absolute atomic E-state index is 0. The van der Waals surface area contributed by atoms with Crippen molar-refractivity contribution in [1.29, 1.82) is 0 Å². The van der Waals surface area contributed by atoms with E-state index < -0.39 is 10.0 Å². The zero-order chi connectivity index (χ0) is 18.7. The van der Waals surface area contributed by atoms with Crippen molar-refractivity contribution in [2.75, 3.05) is 39.8 Å². The third kappa shape index (κ3) is 4.74. The first-order valence-corrected chi connectivity index (χ1v) is 10.5. The van der Waals surface area contributed by atoms with Gasteiger partial charge in [-0.3, -0.25) is 4.79 Å². The van der Waals surface area contributed by atoms with Gasteiger partial charge in [-0.1, -0.05) is 0 Å². The monoisotopic (exact) mass is 417 g/mol. The number of ether oxygens (including phenoxy) is 1. The van der Waals surface area contributed by atoms with E-state index in [1.807, 2.05) is 11.8 Å². The van der Waals surface area contributed by atoms with Crippen molar-refractivity contribution in [2.45, 2.75) is 30.7 Å². The third-order valence-corrected chi connectivity index (χ3v) is 7.20. The van der Waals surface area contributed by atoms with Crippen LogP contribution in [0.5, 0.6) is 5.75 Å². The Morgan fingerprint density at radius 3 is 2.33 bits per heavy atom. The van der Waals surface area contributed by atoms with E-state index in [0.717, 1.165) is 19.6 Å². The van der Waals surface area contributed by atoms with Crippen LogP contribution in [0.15, 0.2) is 29.2 Å². The molecule has 2 aliphatic rings. The van der Waals surface area contributed by atoms with Gasteiger partial charge >= 0.3 is 0 Å². The molecule has 1 atom stereocenters. The van der Waals surface area contributed by atoms with Gasteiger partial charge in [-0.25, -0.2) is 8.42 Å². The van der Waals surface area contributed by atoms with Crippen LogP contribution in [0.25, 0.3) is 0 Å². The molecule has 1 aromatic rings. The molecule has 27 heavy (non-hydrogen) atoms. The average molecular weight is 418 g/mol. The molecule has 152 valence electrons. The summed E-state index contributed by atoms with van der Waals surface area (Å²) in [6.07, 6.45) is 1.15. The Balaban J connectivity index is 0.00000261. The van der Waals surface area contributed by atoms with Crippen molar-refractivity contribution in [2.24, 2.45) is 5.92 Å². The van der Waals surface area contributed by atoms with E-state index in [1.165, 1.54) is 4.31 Å². The van der Waals surface area contributed by atoms with Gasteiger partial charge in [0.25, 0.3) is 0 Å². The minimum atomic E-state index is -3.53. The number of methoxy groups -OCH3 is 1. The number of hydrogen-bond donors (Lipinski definition) is 1. The predicted octanol–water partition coefficient (Wildman–Crippen LogP) is 1.34. The summed E-state index contributed by atoms with van der Waals surface area (Å²) >= 11 is 0. The highest BCUT2D eigenvalue weighted by Crippen LogP contribution is 2.26. The van der Waals surface area contributed by atoms with Crippen LogP contribution in [0.2, 0.25) is 0 Å². The molecule has 9 heteroatoms. The molecule has 2 saturated heterocycles. The quantitative estimate of drug-likeness (QED) is 0.799. The summed E-state index contributed by atoms with van der Waals surface area (Å²) in [4.78, 5) is 15.0. The maximum atomic E-state index is 12.8. The van der Waals surface area contributed by atoms with Crippen molar-refractivity contribution in [3.8, 4) is 5.75 Å². The van der Waals surface area contributed by atoms with E-state index in [2.05, 4.69) is 5.32 Å². The molecule has 0 aliphatic carbocycles. The molecule has 1 N–H and O–H groups in total. The second-order valence-electron chi connectivity index (χ2n) is 6.94. The molecule has 2 aliphatic heterocycles. The lowest BCUT2D eigenvalue weighted by Gasteiger charge is -2.38. The van der Waals surface area contributed by atoms with Gasteiger partial charge in [0, 0.05) is 44.7 Å². The highest BCUT2D eigenvalue weighted by molar-refractivity contribution is 7.89. The zero-order valence-electron chi connectivity index (χ0n) is 15.8. The van der Waals surface area contributed by atoms with Gasteiger partial charge in [0.15, 0.2) is 0 Å². The Morgan fingerprint density at radius 2 is 1.78 bits per heavy atom. The highest BCUT2D eigenvalue weighted by Gasteiger charge is 2.35. The molecular weight excluding hydrogens is 390 g/mol. The molecule has 1 amide bonds. The number of piperazine rings is 1. The molecule has 7 nitrogen and oxygen atoms in total. The fourth-order valence-corrected chi connectivity index (χ4v) is 5.11. The van der Waals surface area contributed by atoms with Gasteiger partial charge < -0.3 is 15.0 Å². The second-order valence-corrected chi connectivity index (χ2v) is 8.88. The molecule has 0 saturated carbocycles. The maximum Gasteiger partial charge on any atom is 0.243 e. The first kappa shape index (κ1) is 21.9. The van der Waals surface area contributed by atoms with Crippen molar-refractivity contribution in [3.63, 3.8) is 0 Å². The maximum absolute atomic E-state index is 12.8. The Labute approximate surface area is 167 Å². The summed E-state index contributed by atoms with van der Waals surface area (Å²) in [7, 11) is -1.98. The molecule has 0 unspecified atom stereocenters. The summed E-state index contributed by atoms with van der Waals surface area (Å²) in [5.74, 6) is 0.705. The Hall–Kier alpha value is -1.35. The molecule has 2 heterocycles. The number of carbonyl (C=O) groups excluding carboxylic acids is 1. The summed E-state index contributed by atoms with van der Waals surface area (Å²) in [5, 5.41) is 3.29. The van der Waals surface area contributed by atoms with E-state index in [4.69, 9.17) is 4.74 Å². The van der Waals surface area contributed by atoms with Gasteiger partial charge in [-0.15, -0.1) is 12.4 Å². The number of amides is 1. The van der Waals surface area contributed by atoms with Crippen LogP contribution in [-0.2, 0) is 14.8 Å². The first-order valence-electron chi connectivity index (χ1n) is 9.09. The Kier molecular flexibility index (Phi) is 7.50. The van der Waals surface area contributed by atoms with E-state index in [9.17, 15) is 13.2 Å². The predicted molar refractivity (Wildman–Crippen MR) is 106 cm³/mol. The van der Waals surface area contributed by atoms with Gasteiger partial charge in [-0.2, -0.15) is 4.31 Å². The zero-order valence-corrected chi connectivity index (χ0v) is 17.4. The van der Waals surface area contributed by atoms with Crippen LogP contribution in [0, 0.1) is 5.92 Å². The molecule has 0 radical (unpaired) electrons. The van der Waals surface area contributed by atoms with Crippen molar-refractivity contribution < 1.29 is 17.9 Å². The molecule has 1 aromatic carbocycles. The average Bonchev–Trinajstić information content (AvgIpc) is 2.68. The van der Waals surface area contributed by atoms with Crippen LogP contribution in [0.3, 0.4) is 0 Å². The van der Waals surface area contributed by atoms with Gasteiger partial charge in [-0.05, 0) is 44.0 Å². The lowest BCUT2D eigenvalue weighted by Crippen LogP contribution is -2.55. The molecule has 2 fully saturated rings. The lowest BCUT2D eigenvalue weighted by molar-refractivity contribution is -0.139. The number of carbonyl (C=O) groups is 1. The van der Waals surface area contributed by atoms with Crippen molar-refractivity contribution >= 4 is 28.3 Å². The normalized spacial score (nSPS) is 22.1. The number of piperidine rings is 1. The standard InChI is InChI=1S/C18H27N3O4S.ClH/c1-14-13-19-9-12-21(14)18(22)15-7-10-20(11-8-15)26(23,24)17-5-3-16(25-2)4-6-17;/h3-6,14-15,19H,7-13H2,1-2H3;1H/t14-;/m0./s1. The van der Waals surface area contributed by atoms with Crippen LogP contribution >= 0.6 is 12.4 Å². The molecule has 0 aromatic heterocycles. The smallest absolute Gasteiger partial charge is 0.243 e. The third-order valence-electron chi connectivity index (χ3n) is 5.28. The summed E-state index contributed by atoms with van der Waals surface area (Å²) in [6.45, 7) is 5.17. The van der Waals surface area contributed by atoms with Gasteiger partial charge in [0.2, 0.25) is 15.9 Å². The van der Waals surface area contributed by atoms with Gasteiger partial charge in [0.05, 0.1) is 12.0 Å². The minimum Gasteiger partial charge on any atom is -0.497 e. The van der Waals surface area contributed by atoms with Crippen molar-refractivity contribution in [3.05, 3.63) is 24.3 Å². The first-order chi connectivity index (χ1) is 12.4. The number of halogens is 1. The van der Waals surface area contributed by atoms with Crippen LogP contribution < -0.4 is 10.1 Å². The molecule has 3 rings (SSSR count). The van der Waals surface area contributed by atoms with Crippen molar-refractivity contribution in [1.82, 2.24) is 14.5 Å². The fourth-order valence-electron chi connectivity index (χ4n) is 3.64. The van der Waals surface area contributed by atoms with Gasteiger partial charge in [0.1, 0.15) is 5.75 Å². The summed E-state index contributed by atoms with van der Waals surface area (Å²) < 4.78 is 32.2. The number of hydrogen-bond acceptors (Lipinski definition) is 5.